The van der Waals surface area contributed by atoms with Gasteiger partial charge in [0, 0.05) is 10.6 Å². The van der Waals surface area contributed by atoms with E-state index in [1.54, 1.807) is 12.1 Å². The van der Waals surface area contributed by atoms with Crippen LogP contribution >= 0.6 is 11.8 Å². The predicted octanol–water partition coefficient (Wildman–Crippen LogP) is 3.24. The summed E-state index contributed by atoms with van der Waals surface area (Å²) in [4.78, 5) is 26.0. The van der Waals surface area contributed by atoms with Gasteiger partial charge in [0.05, 0.1) is 0 Å². The summed E-state index contributed by atoms with van der Waals surface area (Å²) in [7, 11) is 0. The summed E-state index contributed by atoms with van der Waals surface area (Å²) >= 11 is 1.45. The lowest BCUT2D eigenvalue weighted by Gasteiger charge is -2.06. The van der Waals surface area contributed by atoms with Gasteiger partial charge in [-0.1, -0.05) is 49.0 Å². The van der Waals surface area contributed by atoms with E-state index in [0.717, 1.165) is 21.6 Å². The normalized spacial score (nSPS) is 10.9. The van der Waals surface area contributed by atoms with E-state index < -0.39 is 5.69 Å². The van der Waals surface area contributed by atoms with Crippen molar-refractivity contribution >= 4 is 29.0 Å². The molecule has 2 aromatic carbocycles. The Morgan fingerprint density at radius 2 is 1.86 bits per heavy atom. The van der Waals surface area contributed by atoms with Crippen LogP contribution in [0, 0.1) is 0 Å². The summed E-state index contributed by atoms with van der Waals surface area (Å²) in [5.74, 6) is -0.317. The number of amides is 1. The van der Waals surface area contributed by atoms with Crippen LogP contribution in [0.2, 0.25) is 0 Å². The van der Waals surface area contributed by atoms with Crippen LogP contribution in [0.5, 0.6) is 0 Å². The maximum atomic E-state index is 12.6. The fourth-order valence-corrected chi connectivity index (χ4v) is 3.66. The lowest BCUT2D eigenvalue weighted by molar-refractivity contribution is -0.117. The molecule has 0 spiro atoms. The third-order valence-corrected chi connectivity index (χ3v) is 5.23. The zero-order valence-corrected chi connectivity index (χ0v) is 16.6. The van der Waals surface area contributed by atoms with E-state index in [1.165, 1.54) is 16.3 Å². The van der Waals surface area contributed by atoms with Crippen LogP contribution in [0.15, 0.2) is 81.4 Å². The highest BCUT2D eigenvalue weighted by molar-refractivity contribution is 7.99. The molecule has 0 saturated carbocycles. The minimum absolute atomic E-state index is 0.181. The Morgan fingerprint density at radius 3 is 2.66 bits per heavy atom. The van der Waals surface area contributed by atoms with E-state index in [2.05, 4.69) is 22.4 Å². The molecule has 0 aliphatic rings. The Hall–Kier alpha value is -3.39. The van der Waals surface area contributed by atoms with Gasteiger partial charge >= 0.3 is 5.69 Å². The highest BCUT2D eigenvalue weighted by Crippen LogP contribution is 2.25. The van der Waals surface area contributed by atoms with Gasteiger partial charge in [0.1, 0.15) is 11.6 Å². The molecule has 0 radical (unpaired) electrons. The van der Waals surface area contributed by atoms with Gasteiger partial charge in [0.2, 0.25) is 5.91 Å². The zero-order valence-electron chi connectivity index (χ0n) is 15.8. The van der Waals surface area contributed by atoms with Crippen molar-refractivity contribution in [2.45, 2.75) is 29.8 Å². The van der Waals surface area contributed by atoms with Crippen molar-refractivity contribution in [2.24, 2.45) is 0 Å². The summed E-state index contributed by atoms with van der Waals surface area (Å²) in [5, 5.41) is 12.0. The largest absolute Gasteiger partial charge is 0.367 e. The number of carbonyl (C=O) groups is 1. The number of hydrogen-bond acceptors (Lipinski definition) is 5. The van der Waals surface area contributed by atoms with E-state index in [-0.39, 0.29) is 12.5 Å². The van der Waals surface area contributed by atoms with Crippen molar-refractivity contribution in [3.05, 3.63) is 82.8 Å². The molecular weight excluding hydrogens is 386 g/mol. The third kappa shape index (κ3) is 4.38. The standard InChI is InChI=1S/C21H19N5O2S/c1-2-15-7-6-8-16(13-15)22-19(27)14-25-21(28)26-18(23-25)11-12-20(24-26)29-17-9-4-3-5-10-17/h3-13H,2,14H2,1H3,(H,22,27). The van der Waals surface area contributed by atoms with Crippen LogP contribution in [-0.2, 0) is 17.8 Å². The number of anilines is 1. The Kier molecular flexibility index (Phi) is 5.44. The molecule has 8 heteroatoms. The van der Waals surface area contributed by atoms with Crippen LogP contribution in [0.4, 0.5) is 5.69 Å². The van der Waals surface area contributed by atoms with Crippen molar-refractivity contribution in [1.29, 1.82) is 0 Å². The lowest BCUT2D eigenvalue weighted by atomic mass is 10.1. The smallest absolute Gasteiger partial charge is 0.324 e. The van der Waals surface area contributed by atoms with E-state index >= 15 is 0 Å². The molecule has 0 bridgehead atoms. The van der Waals surface area contributed by atoms with Crippen LogP contribution in [0.3, 0.4) is 0 Å². The number of carbonyl (C=O) groups excluding carboxylic acids is 1. The summed E-state index contributed by atoms with van der Waals surface area (Å²) in [6, 6.07) is 20.9. The summed E-state index contributed by atoms with van der Waals surface area (Å²) in [6.07, 6.45) is 0.880. The maximum absolute atomic E-state index is 12.6. The molecule has 2 aromatic heterocycles. The number of nitrogens with one attached hydrogen (secondary N) is 1. The third-order valence-electron chi connectivity index (χ3n) is 4.29. The first-order valence-corrected chi connectivity index (χ1v) is 10.0. The second kappa shape index (κ2) is 8.32. The van der Waals surface area contributed by atoms with Crippen molar-refractivity contribution in [3.63, 3.8) is 0 Å². The summed E-state index contributed by atoms with van der Waals surface area (Å²) in [6.45, 7) is 1.87. The second-order valence-electron chi connectivity index (χ2n) is 6.40. The molecule has 0 saturated heterocycles. The van der Waals surface area contributed by atoms with Crippen molar-refractivity contribution in [3.8, 4) is 0 Å². The van der Waals surface area contributed by atoms with E-state index in [0.29, 0.717) is 16.4 Å². The van der Waals surface area contributed by atoms with Gasteiger partial charge in [0.15, 0.2) is 5.65 Å². The van der Waals surface area contributed by atoms with Crippen LogP contribution in [0.25, 0.3) is 5.65 Å². The van der Waals surface area contributed by atoms with E-state index in [4.69, 9.17) is 0 Å². The van der Waals surface area contributed by atoms with Gasteiger partial charge in [0.25, 0.3) is 0 Å². The summed E-state index contributed by atoms with van der Waals surface area (Å²) in [5.41, 5.74) is 1.77. The lowest BCUT2D eigenvalue weighted by Crippen LogP contribution is -2.28. The molecule has 1 N–H and O–H groups in total. The van der Waals surface area contributed by atoms with E-state index in [1.807, 2.05) is 54.6 Å². The molecule has 146 valence electrons. The Labute approximate surface area is 171 Å². The Bertz CT molecular complexity index is 1220. The highest BCUT2D eigenvalue weighted by atomic mass is 32.2. The topological polar surface area (TPSA) is 81.3 Å². The molecule has 0 aliphatic carbocycles. The van der Waals surface area contributed by atoms with Crippen LogP contribution < -0.4 is 11.0 Å². The summed E-state index contributed by atoms with van der Waals surface area (Å²) < 4.78 is 2.34. The number of hydrogen-bond donors (Lipinski definition) is 1. The van der Waals surface area contributed by atoms with Gasteiger partial charge in [-0.25, -0.2) is 9.48 Å². The molecule has 1 amide bonds. The molecule has 0 unspecified atom stereocenters. The minimum Gasteiger partial charge on any atom is -0.324 e. The second-order valence-corrected chi connectivity index (χ2v) is 7.49. The SMILES string of the molecule is CCc1cccc(NC(=O)Cn2nc3ccc(Sc4ccccc4)nn3c2=O)c1. The number of rotatable bonds is 6. The quantitative estimate of drug-likeness (QED) is 0.533. The van der Waals surface area contributed by atoms with E-state index in [9.17, 15) is 9.59 Å². The molecule has 0 aliphatic heterocycles. The average molecular weight is 405 g/mol. The molecule has 2 heterocycles. The molecule has 4 rings (SSSR count). The first kappa shape index (κ1) is 18.9. The van der Waals surface area contributed by atoms with Crippen molar-refractivity contribution in [2.75, 3.05) is 5.32 Å². The fourth-order valence-electron chi connectivity index (χ4n) is 2.86. The Morgan fingerprint density at radius 1 is 1.03 bits per heavy atom. The molecule has 29 heavy (non-hydrogen) atoms. The molecule has 7 nitrogen and oxygen atoms in total. The average Bonchev–Trinajstić information content (AvgIpc) is 3.04. The molecule has 0 fully saturated rings. The number of fused-ring (bicyclic) bond motifs is 1. The zero-order chi connectivity index (χ0) is 20.2. The number of aromatic nitrogens is 4. The van der Waals surface area contributed by atoms with Gasteiger partial charge in [-0.2, -0.15) is 9.61 Å². The number of aryl methyl sites for hydroxylation is 1. The van der Waals surface area contributed by atoms with Crippen molar-refractivity contribution < 1.29 is 4.79 Å². The minimum atomic E-state index is -0.451. The van der Waals surface area contributed by atoms with Gasteiger partial charge in [-0.3, -0.25) is 4.79 Å². The number of nitrogens with zero attached hydrogens (tertiary/aromatic N) is 4. The molecule has 4 aromatic rings. The molecular formula is C21H19N5O2S. The van der Waals surface area contributed by atoms with Crippen LogP contribution in [0.1, 0.15) is 12.5 Å². The first-order chi connectivity index (χ1) is 14.1. The monoisotopic (exact) mass is 405 g/mol. The first-order valence-electron chi connectivity index (χ1n) is 9.21. The van der Waals surface area contributed by atoms with Gasteiger partial charge in [-0.15, -0.1) is 5.10 Å². The number of benzene rings is 2. The molecule has 0 atom stereocenters. The predicted molar refractivity (Wildman–Crippen MR) is 112 cm³/mol. The highest BCUT2D eigenvalue weighted by Gasteiger charge is 2.13. The van der Waals surface area contributed by atoms with Crippen LogP contribution in [-0.4, -0.2) is 25.3 Å². The Balaban J connectivity index is 1.52. The fraction of sp³-hybridized carbons (Fsp3) is 0.143. The van der Waals surface area contributed by atoms with Gasteiger partial charge in [-0.05, 0) is 48.4 Å². The maximum Gasteiger partial charge on any atom is 0.367 e. The van der Waals surface area contributed by atoms with Crippen molar-refractivity contribution in [1.82, 2.24) is 19.4 Å². The van der Waals surface area contributed by atoms with Gasteiger partial charge < -0.3 is 5.32 Å².